The Bertz CT molecular complexity index is 140. The molecule has 0 saturated carbocycles. The van der Waals surface area contributed by atoms with Gasteiger partial charge in [-0.05, 0) is 13.3 Å². The highest BCUT2D eigenvalue weighted by molar-refractivity contribution is 5.75. The van der Waals surface area contributed by atoms with Crippen molar-refractivity contribution in [2.24, 2.45) is 0 Å². The first kappa shape index (κ1) is 10.4. The molecular weight excluding hydrogens is 164 g/mol. The van der Waals surface area contributed by atoms with Gasteiger partial charge in [-0.25, -0.2) is 4.39 Å². The first-order valence-corrected chi connectivity index (χ1v) is 3.04. The van der Waals surface area contributed by atoms with E-state index in [2.05, 4.69) is 0 Å². The summed E-state index contributed by atoms with van der Waals surface area (Å²) in [5, 5.41) is 0. The van der Waals surface area contributed by atoms with E-state index in [1.165, 1.54) is 0 Å². The molecule has 0 aliphatic rings. The molecule has 0 aliphatic carbocycles. The van der Waals surface area contributed by atoms with Crippen molar-refractivity contribution in [2.75, 3.05) is 0 Å². The van der Waals surface area contributed by atoms with Crippen molar-refractivity contribution in [3.05, 3.63) is 0 Å². The number of halogens is 4. The lowest BCUT2D eigenvalue weighted by Gasteiger charge is -2.10. The fourth-order valence-electron chi connectivity index (χ4n) is 0.494. The second-order valence-corrected chi connectivity index (χ2v) is 2.25. The largest absolute Gasteiger partial charge is 0.419 e. The van der Waals surface area contributed by atoms with Crippen LogP contribution in [0.2, 0.25) is 0 Å². The summed E-state index contributed by atoms with van der Waals surface area (Å²) >= 11 is 0. The van der Waals surface area contributed by atoms with Gasteiger partial charge in [-0.15, -0.1) is 0 Å². The van der Waals surface area contributed by atoms with E-state index in [0.29, 0.717) is 0 Å². The van der Waals surface area contributed by atoms with Crippen LogP contribution in [0.4, 0.5) is 17.6 Å². The average Bonchev–Trinajstić information content (AvgIpc) is 1.80. The van der Waals surface area contributed by atoms with E-state index >= 15 is 0 Å². The number of rotatable bonds is 3. The molecule has 1 unspecified atom stereocenters. The van der Waals surface area contributed by atoms with Crippen LogP contribution in [0, 0.1) is 0 Å². The number of ketones is 1. The molecule has 0 aliphatic heterocycles. The van der Waals surface area contributed by atoms with E-state index in [-0.39, 0.29) is 6.42 Å². The predicted octanol–water partition coefficient (Wildman–Crippen LogP) is 2.26. The number of Topliss-reactive ketones (excluding diaryl/α,β-unsaturated/α-hetero) is 1. The molecule has 5 heteroatoms. The van der Waals surface area contributed by atoms with E-state index < -0.39 is 24.6 Å². The van der Waals surface area contributed by atoms with E-state index in [4.69, 9.17) is 0 Å². The summed E-state index contributed by atoms with van der Waals surface area (Å²) in [7, 11) is 0. The molecule has 1 nitrogen and oxygen atoms in total. The average molecular weight is 172 g/mol. The summed E-state index contributed by atoms with van der Waals surface area (Å²) in [6.07, 6.45) is -8.82. The Hall–Kier alpha value is -0.610. The van der Waals surface area contributed by atoms with Gasteiger partial charge in [0.2, 0.25) is 0 Å². The van der Waals surface area contributed by atoms with Crippen LogP contribution >= 0.6 is 0 Å². The first-order chi connectivity index (χ1) is 4.84. The van der Waals surface area contributed by atoms with Gasteiger partial charge in [0.05, 0.1) is 0 Å². The number of alkyl halides is 4. The topological polar surface area (TPSA) is 17.1 Å². The van der Waals surface area contributed by atoms with E-state index in [1.807, 2.05) is 0 Å². The van der Waals surface area contributed by atoms with Crippen molar-refractivity contribution in [1.29, 1.82) is 0 Å². The zero-order valence-electron chi connectivity index (χ0n) is 5.91. The number of hydrogen-bond acceptors (Lipinski definition) is 1. The fourth-order valence-corrected chi connectivity index (χ4v) is 0.494. The van der Waals surface area contributed by atoms with Gasteiger partial charge in [-0.2, -0.15) is 13.2 Å². The quantitative estimate of drug-likeness (QED) is 0.596. The van der Waals surface area contributed by atoms with Crippen LogP contribution in [-0.2, 0) is 4.79 Å². The molecular formula is C6H8F4O. The van der Waals surface area contributed by atoms with Gasteiger partial charge in [-0.3, -0.25) is 0 Å². The molecule has 0 heterocycles. The number of carbonyl (C=O) groups excluding carboxylic acids is 1. The molecule has 0 aromatic heterocycles. The van der Waals surface area contributed by atoms with Crippen molar-refractivity contribution in [2.45, 2.75) is 32.1 Å². The Labute approximate surface area is 61.4 Å². The van der Waals surface area contributed by atoms with Crippen molar-refractivity contribution in [1.82, 2.24) is 0 Å². The lowest BCUT2D eigenvalue weighted by molar-refractivity contribution is -0.182. The van der Waals surface area contributed by atoms with Crippen LogP contribution in [0.15, 0.2) is 0 Å². The minimum atomic E-state index is -4.82. The third kappa shape index (κ3) is 4.75. The highest BCUT2D eigenvalue weighted by Crippen LogP contribution is 2.25. The maximum absolute atomic E-state index is 12.0. The van der Waals surface area contributed by atoms with Crippen LogP contribution < -0.4 is 0 Å². The SMILES string of the molecule is CC(=O)CCC(F)C(F)(F)F. The van der Waals surface area contributed by atoms with E-state index in [1.54, 1.807) is 0 Å². The standard InChI is InChI=1S/C6H8F4O/c1-4(11)2-3-5(7)6(8,9)10/h5H,2-3H2,1H3. The molecule has 0 rings (SSSR count). The Balaban J connectivity index is 3.70. The van der Waals surface area contributed by atoms with Crippen molar-refractivity contribution in [3.8, 4) is 0 Å². The number of hydrogen-bond donors (Lipinski definition) is 0. The summed E-state index contributed by atoms with van der Waals surface area (Å²) < 4.78 is 46.2. The minimum Gasteiger partial charge on any atom is -0.300 e. The van der Waals surface area contributed by atoms with Crippen LogP contribution in [0.1, 0.15) is 19.8 Å². The van der Waals surface area contributed by atoms with Crippen molar-refractivity contribution >= 4 is 5.78 Å². The van der Waals surface area contributed by atoms with Gasteiger partial charge in [0.15, 0.2) is 6.17 Å². The molecule has 0 amide bonds. The first-order valence-electron chi connectivity index (χ1n) is 3.04. The minimum absolute atomic E-state index is 0.360. The maximum Gasteiger partial charge on any atom is 0.419 e. The molecule has 0 radical (unpaired) electrons. The normalized spacial score (nSPS) is 14.6. The Morgan fingerprint density at radius 3 is 2.18 bits per heavy atom. The summed E-state index contributed by atoms with van der Waals surface area (Å²) in [4.78, 5) is 10.1. The zero-order chi connectivity index (χ0) is 9.07. The van der Waals surface area contributed by atoms with Gasteiger partial charge < -0.3 is 4.79 Å². The van der Waals surface area contributed by atoms with Crippen LogP contribution in [0.3, 0.4) is 0 Å². The monoisotopic (exact) mass is 172 g/mol. The molecule has 0 aromatic carbocycles. The van der Waals surface area contributed by atoms with Crippen LogP contribution in [-0.4, -0.2) is 18.1 Å². The lowest BCUT2D eigenvalue weighted by atomic mass is 10.1. The highest BCUT2D eigenvalue weighted by atomic mass is 19.4. The van der Waals surface area contributed by atoms with Gasteiger partial charge >= 0.3 is 6.18 Å². The molecule has 0 aromatic rings. The third-order valence-corrected chi connectivity index (χ3v) is 1.11. The van der Waals surface area contributed by atoms with Gasteiger partial charge in [0.25, 0.3) is 0 Å². The van der Waals surface area contributed by atoms with Crippen LogP contribution in [0.25, 0.3) is 0 Å². The summed E-state index contributed by atoms with van der Waals surface area (Å²) in [5.41, 5.74) is 0. The summed E-state index contributed by atoms with van der Waals surface area (Å²) in [6.45, 7) is 1.13. The predicted molar refractivity (Wildman–Crippen MR) is 30.9 cm³/mol. The zero-order valence-corrected chi connectivity index (χ0v) is 5.91. The lowest BCUT2D eigenvalue weighted by Crippen LogP contribution is -2.24. The van der Waals surface area contributed by atoms with Crippen molar-refractivity contribution in [3.63, 3.8) is 0 Å². The molecule has 0 saturated heterocycles. The van der Waals surface area contributed by atoms with E-state index in [0.717, 1.165) is 6.92 Å². The Morgan fingerprint density at radius 2 is 1.91 bits per heavy atom. The molecule has 0 fully saturated rings. The molecule has 11 heavy (non-hydrogen) atoms. The third-order valence-electron chi connectivity index (χ3n) is 1.11. The van der Waals surface area contributed by atoms with Gasteiger partial charge in [0, 0.05) is 6.42 Å². The van der Waals surface area contributed by atoms with Gasteiger partial charge in [-0.1, -0.05) is 0 Å². The second kappa shape index (κ2) is 3.69. The second-order valence-electron chi connectivity index (χ2n) is 2.25. The van der Waals surface area contributed by atoms with Crippen LogP contribution in [0.5, 0.6) is 0 Å². The summed E-state index contributed by atoms with van der Waals surface area (Å²) in [5.74, 6) is -0.433. The summed E-state index contributed by atoms with van der Waals surface area (Å²) in [6, 6.07) is 0. The molecule has 0 N–H and O–H groups in total. The van der Waals surface area contributed by atoms with E-state index in [9.17, 15) is 22.4 Å². The molecule has 66 valence electrons. The smallest absolute Gasteiger partial charge is 0.300 e. The molecule has 1 atom stereocenters. The Morgan fingerprint density at radius 1 is 1.45 bits per heavy atom. The Kier molecular flexibility index (Phi) is 3.48. The molecule has 0 spiro atoms. The number of carbonyl (C=O) groups is 1. The molecule has 0 bridgehead atoms. The van der Waals surface area contributed by atoms with Gasteiger partial charge in [0.1, 0.15) is 5.78 Å². The maximum atomic E-state index is 12.0. The highest BCUT2D eigenvalue weighted by Gasteiger charge is 2.39. The fraction of sp³-hybridized carbons (Fsp3) is 0.833. The van der Waals surface area contributed by atoms with Crippen molar-refractivity contribution < 1.29 is 22.4 Å².